The topological polar surface area (TPSA) is 51.4 Å². The molecule has 0 amide bonds. The second kappa shape index (κ2) is 7.84. The summed E-state index contributed by atoms with van der Waals surface area (Å²) in [5, 5.41) is 0. The molecule has 5 rings (SSSR count). The first kappa shape index (κ1) is 18.7. The number of nitrogens with zero attached hydrogens (tertiary/aromatic N) is 2. The Hall–Kier alpha value is -4.31. The van der Waals surface area contributed by atoms with Crippen molar-refractivity contribution in [2.24, 2.45) is 0 Å². The molecular weight excluding hydrogens is 384 g/mol. The van der Waals surface area contributed by atoms with Crippen LogP contribution < -0.4 is 0 Å². The van der Waals surface area contributed by atoms with Crippen LogP contribution in [0.3, 0.4) is 0 Å². The molecule has 0 fully saturated rings. The quantitative estimate of drug-likeness (QED) is 0.367. The predicted molar refractivity (Wildman–Crippen MR) is 120 cm³/mol. The summed E-state index contributed by atoms with van der Waals surface area (Å²) in [6.07, 6.45) is 1.76. The molecule has 2 aromatic heterocycles. The molecule has 148 valence electrons. The largest absolute Gasteiger partial charge is 0.296 e. The third kappa shape index (κ3) is 3.45. The van der Waals surface area contributed by atoms with Gasteiger partial charge in [0, 0.05) is 17.3 Å². The van der Waals surface area contributed by atoms with Gasteiger partial charge >= 0.3 is 0 Å². The highest BCUT2D eigenvalue weighted by Gasteiger charge is 2.25. The summed E-state index contributed by atoms with van der Waals surface area (Å²) in [5.41, 5.74) is 4.11. The van der Waals surface area contributed by atoms with Gasteiger partial charge in [0.1, 0.15) is 17.0 Å². The predicted octanol–water partition coefficient (Wildman–Crippen LogP) is 5.46. The Morgan fingerprint density at radius 1 is 0.581 bits per heavy atom. The van der Waals surface area contributed by atoms with E-state index in [0.717, 1.165) is 11.1 Å². The molecule has 31 heavy (non-hydrogen) atoms. The number of hydrogen-bond acceptors (Lipinski definition) is 3. The monoisotopic (exact) mass is 402 g/mol. The highest BCUT2D eigenvalue weighted by molar-refractivity contribution is 6.18. The minimum absolute atomic E-state index is 0.162. The van der Waals surface area contributed by atoms with Gasteiger partial charge in [-0.2, -0.15) is 0 Å². The Morgan fingerprint density at radius 3 is 1.87 bits per heavy atom. The first-order valence-corrected chi connectivity index (χ1v) is 9.99. The molecule has 0 unspecified atom stereocenters. The van der Waals surface area contributed by atoms with Crippen molar-refractivity contribution in [3.63, 3.8) is 0 Å². The van der Waals surface area contributed by atoms with Crippen molar-refractivity contribution in [3.05, 3.63) is 132 Å². The molecular formula is C27H18N2O2. The summed E-state index contributed by atoms with van der Waals surface area (Å²) in [6, 6.07) is 31.8. The van der Waals surface area contributed by atoms with Gasteiger partial charge in [0.05, 0.1) is 0 Å². The Morgan fingerprint density at radius 2 is 1.16 bits per heavy atom. The maximum atomic E-state index is 13.5. The molecule has 4 heteroatoms. The summed E-state index contributed by atoms with van der Waals surface area (Å²) in [4.78, 5) is 31.2. The van der Waals surface area contributed by atoms with Crippen LogP contribution >= 0.6 is 0 Å². The van der Waals surface area contributed by atoms with Crippen molar-refractivity contribution in [2.45, 2.75) is 0 Å². The third-order valence-electron chi connectivity index (χ3n) is 5.25. The number of benzene rings is 3. The van der Waals surface area contributed by atoms with Crippen LogP contribution in [0.1, 0.15) is 32.1 Å². The van der Waals surface area contributed by atoms with E-state index in [0.29, 0.717) is 16.8 Å². The van der Waals surface area contributed by atoms with E-state index in [-0.39, 0.29) is 23.0 Å². The van der Waals surface area contributed by atoms with Gasteiger partial charge in [-0.1, -0.05) is 91.0 Å². The maximum absolute atomic E-state index is 13.5. The van der Waals surface area contributed by atoms with Gasteiger partial charge in [0.15, 0.2) is 0 Å². The number of pyridine rings is 1. The standard InChI is InChI=1S/C27H18N2O2/c30-26(21-11-5-2-6-12-21)24-25(29-18-8-7-13-23(29)28-24)27(31)22-16-14-20(15-17-22)19-9-3-1-4-10-19/h1-18H. The summed E-state index contributed by atoms with van der Waals surface area (Å²) < 4.78 is 1.68. The Bertz CT molecular complexity index is 1390. The van der Waals surface area contributed by atoms with Gasteiger partial charge < -0.3 is 0 Å². The van der Waals surface area contributed by atoms with Crippen LogP contribution in [0, 0.1) is 0 Å². The number of carbonyl (C=O) groups is 2. The van der Waals surface area contributed by atoms with Crippen LogP contribution in [0.4, 0.5) is 0 Å². The average molecular weight is 402 g/mol. The molecule has 0 saturated heterocycles. The highest BCUT2D eigenvalue weighted by Crippen LogP contribution is 2.23. The van der Waals surface area contributed by atoms with Crippen molar-refractivity contribution in [3.8, 4) is 11.1 Å². The Labute approximate surface area is 179 Å². The average Bonchev–Trinajstić information content (AvgIpc) is 3.24. The van der Waals surface area contributed by atoms with Crippen LogP contribution in [0.5, 0.6) is 0 Å². The lowest BCUT2D eigenvalue weighted by molar-refractivity contribution is 0.0997. The summed E-state index contributed by atoms with van der Waals surface area (Å²) in [6.45, 7) is 0. The molecule has 0 N–H and O–H groups in total. The smallest absolute Gasteiger partial charge is 0.213 e. The highest BCUT2D eigenvalue weighted by atomic mass is 16.1. The van der Waals surface area contributed by atoms with E-state index >= 15 is 0 Å². The van der Waals surface area contributed by atoms with E-state index < -0.39 is 0 Å². The first-order valence-electron chi connectivity index (χ1n) is 9.99. The number of ketones is 2. The number of carbonyl (C=O) groups excluding carboxylic acids is 2. The number of rotatable bonds is 5. The fraction of sp³-hybridized carbons (Fsp3) is 0. The van der Waals surface area contributed by atoms with Crippen molar-refractivity contribution in [1.82, 2.24) is 9.38 Å². The van der Waals surface area contributed by atoms with Gasteiger partial charge in [0.25, 0.3) is 0 Å². The molecule has 0 aliphatic rings. The van der Waals surface area contributed by atoms with Crippen molar-refractivity contribution < 1.29 is 9.59 Å². The summed E-state index contributed by atoms with van der Waals surface area (Å²) >= 11 is 0. The lowest BCUT2D eigenvalue weighted by atomic mass is 9.99. The van der Waals surface area contributed by atoms with Crippen molar-refractivity contribution in [1.29, 1.82) is 0 Å². The third-order valence-corrected chi connectivity index (χ3v) is 5.25. The molecule has 0 bridgehead atoms. The number of fused-ring (bicyclic) bond motifs is 1. The SMILES string of the molecule is O=C(c1ccccc1)c1nc2ccccn2c1C(=O)c1ccc(-c2ccccc2)cc1. The normalized spacial score (nSPS) is 10.8. The van der Waals surface area contributed by atoms with E-state index in [1.807, 2.05) is 60.7 Å². The zero-order valence-electron chi connectivity index (χ0n) is 16.6. The molecule has 0 spiro atoms. The van der Waals surface area contributed by atoms with Crippen molar-refractivity contribution >= 4 is 17.2 Å². The molecule has 0 atom stereocenters. The van der Waals surface area contributed by atoms with Crippen LogP contribution in [0.2, 0.25) is 0 Å². The second-order valence-corrected chi connectivity index (χ2v) is 7.21. The minimum atomic E-state index is -0.270. The van der Waals surface area contributed by atoms with Gasteiger partial charge in [0.2, 0.25) is 11.6 Å². The molecule has 3 aromatic carbocycles. The molecule has 0 saturated carbocycles. The molecule has 0 radical (unpaired) electrons. The Balaban J connectivity index is 1.59. The van der Waals surface area contributed by atoms with Gasteiger partial charge in [-0.15, -0.1) is 0 Å². The van der Waals surface area contributed by atoms with E-state index in [9.17, 15) is 9.59 Å². The van der Waals surface area contributed by atoms with E-state index in [4.69, 9.17) is 0 Å². The van der Waals surface area contributed by atoms with Crippen LogP contribution in [-0.2, 0) is 0 Å². The summed E-state index contributed by atoms with van der Waals surface area (Å²) in [7, 11) is 0. The van der Waals surface area contributed by atoms with E-state index in [1.165, 1.54) is 0 Å². The zero-order chi connectivity index (χ0) is 21.2. The van der Waals surface area contributed by atoms with Gasteiger partial charge in [-0.25, -0.2) is 4.98 Å². The number of aromatic nitrogens is 2. The van der Waals surface area contributed by atoms with Gasteiger partial charge in [-0.05, 0) is 23.3 Å². The van der Waals surface area contributed by atoms with Gasteiger partial charge in [-0.3, -0.25) is 14.0 Å². The number of imidazole rings is 1. The molecule has 5 aromatic rings. The zero-order valence-corrected chi connectivity index (χ0v) is 16.6. The van der Waals surface area contributed by atoms with E-state index in [2.05, 4.69) is 4.98 Å². The van der Waals surface area contributed by atoms with Crippen LogP contribution in [0.25, 0.3) is 16.8 Å². The molecule has 4 nitrogen and oxygen atoms in total. The van der Waals surface area contributed by atoms with Crippen molar-refractivity contribution in [2.75, 3.05) is 0 Å². The van der Waals surface area contributed by atoms with Crippen LogP contribution in [-0.4, -0.2) is 21.0 Å². The first-order chi connectivity index (χ1) is 15.2. The maximum Gasteiger partial charge on any atom is 0.213 e. The summed E-state index contributed by atoms with van der Waals surface area (Å²) in [5.74, 6) is -0.508. The number of hydrogen-bond donors (Lipinski definition) is 0. The lowest BCUT2D eigenvalue weighted by Crippen LogP contribution is -2.12. The fourth-order valence-corrected chi connectivity index (χ4v) is 3.68. The second-order valence-electron chi connectivity index (χ2n) is 7.21. The van der Waals surface area contributed by atoms with Crippen LogP contribution in [0.15, 0.2) is 109 Å². The molecule has 0 aliphatic carbocycles. The molecule has 0 aliphatic heterocycles. The van der Waals surface area contributed by atoms with E-state index in [1.54, 1.807) is 53.1 Å². The fourth-order valence-electron chi connectivity index (χ4n) is 3.68. The molecule has 2 heterocycles. The lowest BCUT2D eigenvalue weighted by Gasteiger charge is -2.06. The Kier molecular flexibility index (Phi) is 4.73. The minimum Gasteiger partial charge on any atom is -0.296 e.